The molecule has 102 valence electrons. The molecule has 0 aromatic heterocycles. The molecule has 1 amide bonds. The molecule has 0 bridgehead atoms. The van der Waals surface area contributed by atoms with Gasteiger partial charge in [-0.15, -0.1) is 0 Å². The van der Waals surface area contributed by atoms with E-state index in [9.17, 15) is 9.59 Å². The Morgan fingerprint density at radius 1 is 1.26 bits per heavy atom. The summed E-state index contributed by atoms with van der Waals surface area (Å²) in [6, 6.07) is 6.84. The van der Waals surface area contributed by atoms with E-state index in [1.54, 1.807) is 30.3 Å². The van der Waals surface area contributed by atoms with Gasteiger partial charge in [-0.1, -0.05) is 19.1 Å². The monoisotopic (exact) mass is 263 g/mol. The maximum absolute atomic E-state index is 11.4. The highest BCUT2D eigenvalue weighted by Gasteiger charge is 2.07. The normalized spacial score (nSPS) is 10.8. The molecular weight excluding hydrogens is 246 g/mol. The summed E-state index contributed by atoms with van der Waals surface area (Å²) in [6.07, 6.45) is 1.81. The van der Waals surface area contributed by atoms with Crippen molar-refractivity contribution in [2.45, 2.75) is 13.3 Å². The van der Waals surface area contributed by atoms with Gasteiger partial charge in [0, 0.05) is 12.6 Å². The van der Waals surface area contributed by atoms with E-state index < -0.39 is 6.09 Å². The highest BCUT2D eigenvalue weighted by Crippen LogP contribution is 2.16. The van der Waals surface area contributed by atoms with Gasteiger partial charge < -0.3 is 14.8 Å². The zero-order valence-electron chi connectivity index (χ0n) is 11.2. The first-order chi connectivity index (χ1) is 9.10. The molecular formula is C14H17NO4. The second kappa shape index (κ2) is 7.20. The highest BCUT2D eigenvalue weighted by atomic mass is 16.6. The van der Waals surface area contributed by atoms with Crippen molar-refractivity contribution in [2.75, 3.05) is 14.2 Å². The van der Waals surface area contributed by atoms with Crippen LogP contribution in [0.3, 0.4) is 0 Å². The van der Waals surface area contributed by atoms with E-state index in [2.05, 4.69) is 10.1 Å². The molecule has 1 aromatic rings. The summed E-state index contributed by atoms with van der Waals surface area (Å²) < 4.78 is 9.64. The summed E-state index contributed by atoms with van der Waals surface area (Å²) in [5.74, 6) is 0.0980. The third kappa shape index (κ3) is 4.46. The Morgan fingerprint density at radius 2 is 1.89 bits per heavy atom. The Hall–Kier alpha value is -2.30. The van der Waals surface area contributed by atoms with Crippen LogP contribution in [-0.2, 0) is 9.53 Å². The minimum atomic E-state index is -0.521. The minimum Gasteiger partial charge on any atom is -0.466 e. The van der Waals surface area contributed by atoms with Crippen LogP contribution in [-0.4, -0.2) is 26.2 Å². The predicted octanol–water partition coefficient (Wildman–Crippen LogP) is 2.37. The summed E-state index contributed by atoms with van der Waals surface area (Å²) >= 11 is 0. The van der Waals surface area contributed by atoms with Crippen molar-refractivity contribution in [1.29, 1.82) is 0 Å². The fourth-order valence-electron chi connectivity index (χ4n) is 1.43. The molecule has 1 N–H and O–H groups in total. The molecule has 0 aliphatic carbocycles. The Balaban J connectivity index is 2.83. The van der Waals surface area contributed by atoms with Gasteiger partial charge in [0.25, 0.3) is 0 Å². The number of ether oxygens (including phenoxy) is 2. The number of esters is 1. The number of hydrogen-bond donors (Lipinski definition) is 1. The van der Waals surface area contributed by atoms with Crippen LogP contribution >= 0.6 is 0 Å². The standard InChI is InChI=1S/C14H17NO4/c1-4-11(13(16)18-3)9-10-5-7-12(8-6-10)19-14(17)15-2/h5-9H,4H2,1-3H3,(H,15,17)/b11-9+. The molecule has 0 aliphatic rings. The summed E-state index contributed by atoms with van der Waals surface area (Å²) in [4.78, 5) is 22.4. The van der Waals surface area contributed by atoms with Crippen LogP contribution < -0.4 is 10.1 Å². The topological polar surface area (TPSA) is 64.6 Å². The number of methoxy groups -OCH3 is 1. The van der Waals surface area contributed by atoms with Crippen molar-refractivity contribution in [3.8, 4) is 5.75 Å². The summed E-state index contributed by atoms with van der Waals surface area (Å²) in [7, 11) is 2.84. The van der Waals surface area contributed by atoms with Gasteiger partial charge in [0.2, 0.25) is 0 Å². The maximum Gasteiger partial charge on any atom is 0.412 e. The number of benzene rings is 1. The van der Waals surface area contributed by atoms with Gasteiger partial charge in [0.05, 0.1) is 7.11 Å². The van der Waals surface area contributed by atoms with E-state index in [-0.39, 0.29) is 5.97 Å². The van der Waals surface area contributed by atoms with Crippen LogP contribution in [0, 0.1) is 0 Å². The van der Waals surface area contributed by atoms with E-state index in [4.69, 9.17) is 4.74 Å². The number of amides is 1. The Labute approximate surface area is 112 Å². The summed E-state index contributed by atoms with van der Waals surface area (Å²) in [5, 5.41) is 2.36. The molecule has 0 atom stereocenters. The average Bonchev–Trinajstić information content (AvgIpc) is 2.45. The number of hydrogen-bond acceptors (Lipinski definition) is 4. The van der Waals surface area contributed by atoms with Crippen LogP contribution in [0.15, 0.2) is 29.8 Å². The molecule has 0 saturated heterocycles. The van der Waals surface area contributed by atoms with Gasteiger partial charge >= 0.3 is 12.1 Å². The molecule has 0 unspecified atom stereocenters. The third-order valence-electron chi connectivity index (χ3n) is 2.46. The van der Waals surface area contributed by atoms with Gasteiger partial charge in [-0.25, -0.2) is 9.59 Å². The molecule has 1 rings (SSSR count). The first kappa shape index (κ1) is 14.8. The van der Waals surface area contributed by atoms with Crippen LogP contribution in [0.2, 0.25) is 0 Å². The molecule has 0 radical (unpaired) electrons. The molecule has 0 spiro atoms. The molecule has 0 fully saturated rings. The van der Waals surface area contributed by atoms with Gasteiger partial charge in [0.15, 0.2) is 0 Å². The molecule has 5 nitrogen and oxygen atoms in total. The van der Waals surface area contributed by atoms with E-state index in [0.29, 0.717) is 17.7 Å². The Morgan fingerprint density at radius 3 is 2.37 bits per heavy atom. The van der Waals surface area contributed by atoms with Crippen molar-refractivity contribution >= 4 is 18.1 Å². The smallest absolute Gasteiger partial charge is 0.412 e. The van der Waals surface area contributed by atoms with Crippen LogP contribution in [0.5, 0.6) is 5.75 Å². The highest BCUT2D eigenvalue weighted by molar-refractivity contribution is 5.93. The molecule has 1 aromatic carbocycles. The van der Waals surface area contributed by atoms with E-state index in [0.717, 1.165) is 5.56 Å². The Bertz CT molecular complexity index is 477. The van der Waals surface area contributed by atoms with Gasteiger partial charge in [-0.3, -0.25) is 0 Å². The minimum absolute atomic E-state index is 0.340. The largest absolute Gasteiger partial charge is 0.466 e. The molecule has 5 heteroatoms. The van der Waals surface area contributed by atoms with Gasteiger partial charge in [-0.2, -0.15) is 0 Å². The van der Waals surface area contributed by atoms with E-state index in [1.807, 2.05) is 6.92 Å². The van der Waals surface area contributed by atoms with E-state index >= 15 is 0 Å². The molecule has 0 aliphatic heterocycles. The number of rotatable bonds is 4. The second-order valence-corrected chi connectivity index (χ2v) is 3.72. The average molecular weight is 263 g/mol. The lowest BCUT2D eigenvalue weighted by Crippen LogP contribution is -2.21. The quantitative estimate of drug-likeness (QED) is 0.669. The van der Waals surface area contributed by atoms with Gasteiger partial charge in [-0.05, 0) is 30.2 Å². The zero-order valence-corrected chi connectivity index (χ0v) is 11.2. The predicted molar refractivity (Wildman–Crippen MR) is 71.8 cm³/mol. The van der Waals surface area contributed by atoms with Crippen molar-refractivity contribution < 1.29 is 19.1 Å². The van der Waals surface area contributed by atoms with Crippen LogP contribution in [0.1, 0.15) is 18.9 Å². The summed E-state index contributed by atoms with van der Waals surface area (Å²) in [5.41, 5.74) is 1.42. The third-order valence-corrected chi connectivity index (χ3v) is 2.46. The van der Waals surface area contributed by atoms with Crippen molar-refractivity contribution in [1.82, 2.24) is 5.32 Å². The van der Waals surface area contributed by atoms with Crippen molar-refractivity contribution in [2.24, 2.45) is 0 Å². The number of carbonyl (C=O) groups excluding carboxylic acids is 2. The van der Waals surface area contributed by atoms with Crippen LogP contribution in [0.4, 0.5) is 4.79 Å². The lowest BCUT2D eigenvalue weighted by molar-refractivity contribution is -0.136. The van der Waals surface area contributed by atoms with Gasteiger partial charge in [0.1, 0.15) is 5.75 Å². The molecule has 19 heavy (non-hydrogen) atoms. The van der Waals surface area contributed by atoms with Crippen molar-refractivity contribution in [3.05, 3.63) is 35.4 Å². The zero-order chi connectivity index (χ0) is 14.3. The van der Waals surface area contributed by atoms with Crippen LogP contribution in [0.25, 0.3) is 6.08 Å². The second-order valence-electron chi connectivity index (χ2n) is 3.72. The lowest BCUT2D eigenvalue weighted by Gasteiger charge is -2.04. The SMILES string of the molecule is CC/C(=C\c1ccc(OC(=O)NC)cc1)C(=O)OC. The maximum atomic E-state index is 11.4. The fraction of sp³-hybridized carbons (Fsp3) is 0.286. The number of nitrogens with one attached hydrogen (secondary N) is 1. The number of carbonyl (C=O) groups is 2. The summed E-state index contributed by atoms with van der Waals surface area (Å²) in [6.45, 7) is 1.88. The molecule has 0 heterocycles. The first-order valence-electron chi connectivity index (χ1n) is 5.89. The Kier molecular flexibility index (Phi) is 5.60. The van der Waals surface area contributed by atoms with Crippen molar-refractivity contribution in [3.63, 3.8) is 0 Å². The van der Waals surface area contributed by atoms with E-state index in [1.165, 1.54) is 14.2 Å². The fourth-order valence-corrected chi connectivity index (χ4v) is 1.43. The molecule has 0 saturated carbocycles. The lowest BCUT2D eigenvalue weighted by atomic mass is 10.1. The first-order valence-corrected chi connectivity index (χ1v) is 5.89.